The van der Waals surface area contributed by atoms with Gasteiger partial charge in [-0.1, -0.05) is 23.7 Å². The minimum absolute atomic E-state index is 0.0108. The van der Waals surface area contributed by atoms with Crippen molar-refractivity contribution in [2.24, 2.45) is 0 Å². The molecule has 0 aliphatic rings. The number of nitrogens with two attached hydrogens (primary N) is 1. The zero-order valence-electron chi connectivity index (χ0n) is 12.8. The number of hydrogen-bond donors (Lipinski definition) is 1. The molecule has 0 fully saturated rings. The zero-order chi connectivity index (χ0) is 18.0. The predicted octanol–water partition coefficient (Wildman–Crippen LogP) is 4.43. The van der Waals surface area contributed by atoms with Crippen LogP contribution in [0.25, 0.3) is 22.4 Å². The van der Waals surface area contributed by atoms with Crippen molar-refractivity contribution < 1.29 is 4.92 Å². The third-order valence-corrected chi connectivity index (χ3v) is 3.94. The fourth-order valence-corrected chi connectivity index (χ4v) is 2.57. The summed E-state index contributed by atoms with van der Waals surface area (Å²) in [6.07, 6.45) is 0. The second-order valence-corrected chi connectivity index (χ2v) is 5.67. The molecule has 0 amide bonds. The summed E-state index contributed by atoms with van der Waals surface area (Å²) in [5, 5.41) is 20.8. The highest BCUT2D eigenvalue weighted by molar-refractivity contribution is 6.30. The summed E-state index contributed by atoms with van der Waals surface area (Å²) < 4.78 is 0. The van der Waals surface area contributed by atoms with Crippen LogP contribution in [0.1, 0.15) is 5.56 Å². The van der Waals surface area contributed by atoms with E-state index in [-0.39, 0.29) is 17.1 Å². The number of hydrogen-bond acceptors (Lipinski definition) is 5. The van der Waals surface area contributed by atoms with Gasteiger partial charge in [-0.2, -0.15) is 5.26 Å². The van der Waals surface area contributed by atoms with E-state index in [1.807, 2.05) is 0 Å². The van der Waals surface area contributed by atoms with E-state index in [9.17, 15) is 15.4 Å². The molecule has 0 aliphatic heterocycles. The number of halogens is 1. The van der Waals surface area contributed by atoms with E-state index >= 15 is 0 Å². The molecule has 25 heavy (non-hydrogen) atoms. The Morgan fingerprint density at radius 3 is 2.24 bits per heavy atom. The van der Waals surface area contributed by atoms with Gasteiger partial charge in [-0.05, 0) is 35.9 Å². The van der Waals surface area contributed by atoms with Crippen LogP contribution in [0.5, 0.6) is 0 Å². The Morgan fingerprint density at radius 1 is 1.08 bits per heavy atom. The van der Waals surface area contributed by atoms with Gasteiger partial charge >= 0.3 is 0 Å². The number of nitro groups is 1. The molecule has 3 aromatic rings. The van der Waals surface area contributed by atoms with E-state index in [2.05, 4.69) is 11.1 Å². The maximum atomic E-state index is 10.8. The summed E-state index contributed by atoms with van der Waals surface area (Å²) in [6, 6.07) is 16.8. The second kappa shape index (κ2) is 6.59. The Morgan fingerprint density at radius 2 is 1.68 bits per heavy atom. The van der Waals surface area contributed by atoms with E-state index in [1.54, 1.807) is 42.5 Å². The molecule has 0 radical (unpaired) electrons. The first-order chi connectivity index (χ1) is 12.0. The van der Waals surface area contributed by atoms with E-state index < -0.39 is 4.92 Å². The Hall–Kier alpha value is -3.43. The SMILES string of the molecule is N#Cc1c(-c2ccc(Cl)cc2)cc(-c2ccc([N+](=O)[O-])cc2)nc1N. The number of aromatic nitrogens is 1. The first-order valence-corrected chi connectivity index (χ1v) is 7.59. The summed E-state index contributed by atoms with van der Waals surface area (Å²) in [4.78, 5) is 14.6. The van der Waals surface area contributed by atoms with E-state index in [0.717, 1.165) is 5.56 Å². The first kappa shape index (κ1) is 16.4. The van der Waals surface area contributed by atoms with Crippen molar-refractivity contribution in [3.05, 3.63) is 75.3 Å². The second-order valence-electron chi connectivity index (χ2n) is 5.24. The Kier molecular flexibility index (Phi) is 4.33. The number of nitriles is 1. The Labute approximate surface area is 148 Å². The average Bonchev–Trinajstić information content (AvgIpc) is 2.62. The topological polar surface area (TPSA) is 106 Å². The lowest BCUT2D eigenvalue weighted by atomic mass is 9.98. The number of nitro benzene ring substituents is 1. The minimum atomic E-state index is -0.469. The number of rotatable bonds is 3. The number of nitrogen functional groups attached to an aromatic ring is 1. The fourth-order valence-electron chi connectivity index (χ4n) is 2.44. The summed E-state index contributed by atoms with van der Waals surface area (Å²) in [6.45, 7) is 0. The van der Waals surface area contributed by atoms with Crippen LogP contribution in [-0.2, 0) is 0 Å². The maximum absolute atomic E-state index is 10.8. The van der Waals surface area contributed by atoms with Crippen LogP contribution >= 0.6 is 11.6 Å². The molecule has 0 saturated carbocycles. The van der Waals surface area contributed by atoms with Crippen LogP contribution in [0.3, 0.4) is 0 Å². The normalized spacial score (nSPS) is 10.2. The van der Waals surface area contributed by atoms with Crippen LogP contribution in [0.15, 0.2) is 54.6 Å². The van der Waals surface area contributed by atoms with Crippen molar-refractivity contribution in [1.82, 2.24) is 4.98 Å². The van der Waals surface area contributed by atoms with E-state index in [4.69, 9.17) is 17.3 Å². The highest BCUT2D eigenvalue weighted by Crippen LogP contribution is 2.32. The third-order valence-electron chi connectivity index (χ3n) is 3.69. The molecular formula is C18H11ClN4O2. The maximum Gasteiger partial charge on any atom is 0.269 e. The summed E-state index contributed by atoms with van der Waals surface area (Å²) in [5.74, 6) is 0.100. The van der Waals surface area contributed by atoms with Gasteiger partial charge in [0.15, 0.2) is 0 Å². The highest BCUT2D eigenvalue weighted by atomic mass is 35.5. The molecule has 7 heteroatoms. The van der Waals surface area contributed by atoms with Crippen molar-refractivity contribution in [3.8, 4) is 28.5 Å². The average molecular weight is 351 g/mol. The smallest absolute Gasteiger partial charge is 0.269 e. The molecule has 1 aromatic heterocycles. The largest absolute Gasteiger partial charge is 0.383 e. The molecule has 2 aromatic carbocycles. The summed E-state index contributed by atoms with van der Waals surface area (Å²) in [5.41, 5.74) is 8.80. The van der Waals surface area contributed by atoms with Crippen LogP contribution in [0.2, 0.25) is 5.02 Å². The van der Waals surface area contributed by atoms with Crippen LogP contribution < -0.4 is 5.73 Å². The number of non-ortho nitro benzene ring substituents is 1. The predicted molar refractivity (Wildman–Crippen MR) is 95.9 cm³/mol. The molecule has 0 spiro atoms. The Balaban J connectivity index is 2.15. The number of pyridine rings is 1. The summed E-state index contributed by atoms with van der Waals surface area (Å²) >= 11 is 5.91. The zero-order valence-corrected chi connectivity index (χ0v) is 13.6. The molecular weight excluding hydrogens is 340 g/mol. The van der Waals surface area contributed by atoms with Gasteiger partial charge in [-0.25, -0.2) is 4.98 Å². The van der Waals surface area contributed by atoms with Crippen molar-refractivity contribution in [3.63, 3.8) is 0 Å². The molecule has 2 N–H and O–H groups in total. The van der Waals surface area contributed by atoms with Gasteiger partial charge in [0.2, 0.25) is 0 Å². The number of anilines is 1. The van der Waals surface area contributed by atoms with Crippen molar-refractivity contribution >= 4 is 23.1 Å². The number of nitrogens with zero attached hydrogens (tertiary/aromatic N) is 3. The third kappa shape index (κ3) is 3.27. The lowest BCUT2D eigenvalue weighted by Gasteiger charge is -2.10. The van der Waals surface area contributed by atoms with Crippen LogP contribution in [0.4, 0.5) is 11.5 Å². The first-order valence-electron chi connectivity index (χ1n) is 7.21. The van der Waals surface area contributed by atoms with Gasteiger partial charge in [0.25, 0.3) is 5.69 Å². The standard InChI is InChI=1S/C18H11ClN4O2/c19-13-5-1-11(2-6-13)15-9-17(22-18(21)16(15)10-20)12-3-7-14(8-4-12)23(24)25/h1-9H,(H2,21,22). The lowest BCUT2D eigenvalue weighted by molar-refractivity contribution is -0.384. The Bertz CT molecular complexity index is 993. The molecule has 1 heterocycles. The summed E-state index contributed by atoms with van der Waals surface area (Å²) in [7, 11) is 0. The van der Waals surface area contributed by atoms with Crippen LogP contribution in [-0.4, -0.2) is 9.91 Å². The molecule has 6 nitrogen and oxygen atoms in total. The van der Waals surface area contributed by atoms with E-state index in [0.29, 0.717) is 21.8 Å². The number of benzene rings is 2. The van der Waals surface area contributed by atoms with Gasteiger partial charge in [-0.15, -0.1) is 0 Å². The molecule has 122 valence electrons. The lowest BCUT2D eigenvalue weighted by Crippen LogP contribution is -2.00. The highest BCUT2D eigenvalue weighted by Gasteiger charge is 2.14. The quantitative estimate of drug-likeness (QED) is 0.555. The molecule has 0 aliphatic carbocycles. The van der Waals surface area contributed by atoms with Gasteiger partial charge in [0, 0.05) is 28.3 Å². The minimum Gasteiger partial charge on any atom is -0.383 e. The fraction of sp³-hybridized carbons (Fsp3) is 0. The van der Waals surface area contributed by atoms with Crippen molar-refractivity contribution in [2.75, 3.05) is 5.73 Å². The van der Waals surface area contributed by atoms with Gasteiger partial charge < -0.3 is 5.73 Å². The van der Waals surface area contributed by atoms with Gasteiger partial charge in [0.1, 0.15) is 17.5 Å². The molecule has 0 atom stereocenters. The molecule has 0 unspecified atom stereocenters. The van der Waals surface area contributed by atoms with E-state index in [1.165, 1.54) is 12.1 Å². The van der Waals surface area contributed by atoms with Gasteiger partial charge in [0.05, 0.1) is 10.6 Å². The van der Waals surface area contributed by atoms with Crippen LogP contribution in [0, 0.1) is 21.4 Å². The molecule has 0 bridgehead atoms. The van der Waals surface area contributed by atoms with Crippen molar-refractivity contribution in [2.45, 2.75) is 0 Å². The molecule has 0 saturated heterocycles. The van der Waals surface area contributed by atoms with Gasteiger partial charge in [-0.3, -0.25) is 10.1 Å². The molecule has 3 rings (SSSR count). The van der Waals surface area contributed by atoms with Crippen molar-refractivity contribution in [1.29, 1.82) is 5.26 Å². The monoisotopic (exact) mass is 350 g/mol.